The molecule has 27 heavy (non-hydrogen) atoms. The van der Waals surface area contributed by atoms with Gasteiger partial charge in [-0.3, -0.25) is 4.68 Å². The molecule has 0 aliphatic heterocycles. The summed E-state index contributed by atoms with van der Waals surface area (Å²) in [5.74, 6) is 1.75. The van der Waals surface area contributed by atoms with Crippen molar-refractivity contribution in [2.75, 3.05) is 19.7 Å². The van der Waals surface area contributed by atoms with Crippen LogP contribution in [0, 0.1) is 6.92 Å². The number of aliphatic imine (C=N–C) groups is 1. The summed E-state index contributed by atoms with van der Waals surface area (Å²) in [4.78, 5) is 4.70. The molecule has 2 aromatic rings. The van der Waals surface area contributed by atoms with E-state index in [0.717, 1.165) is 43.2 Å². The normalized spacial score (nSPS) is 11.0. The maximum atomic E-state index is 5.74. The Bertz CT molecular complexity index is 714. The molecule has 0 saturated heterocycles. The maximum absolute atomic E-state index is 5.74. The summed E-state index contributed by atoms with van der Waals surface area (Å²) in [7, 11) is 1.94. The molecule has 1 aromatic carbocycles. The Labute approximate surface area is 179 Å². The van der Waals surface area contributed by atoms with E-state index in [4.69, 9.17) is 9.73 Å². The van der Waals surface area contributed by atoms with Crippen molar-refractivity contribution in [2.45, 2.75) is 40.2 Å². The van der Waals surface area contributed by atoms with Crippen LogP contribution in [0.3, 0.4) is 0 Å². The summed E-state index contributed by atoms with van der Waals surface area (Å²) in [6.45, 7) is 9.10. The predicted molar refractivity (Wildman–Crippen MR) is 122 cm³/mol. The smallest absolute Gasteiger partial charge is 0.191 e. The molecule has 0 fully saturated rings. The van der Waals surface area contributed by atoms with Crippen molar-refractivity contribution in [3.05, 3.63) is 47.3 Å². The second-order valence-electron chi connectivity index (χ2n) is 6.29. The maximum Gasteiger partial charge on any atom is 0.191 e. The van der Waals surface area contributed by atoms with E-state index in [1.54, 1.807) is 0 Å². The average molecular weight is 485 g/mol. The monoisotopic (exact) mass is 485 g/mol. The van der Waals surface area contributed by atoms with E-state index >= 15 is 0 Å². The molecule has 0 radical (unpaired) electrons. The largest absolute Gasteiger partial charge is 0.494 e. The molecule has 0 unspecified atom stereocenters. The highest BCUT2D eigenvalue weighted by Crippen LogP contribution is 2.21. The lowest BCUT2D eigenvalue weighted by molar-refractivity contribution is 0.336. The number of benzene rings is 1. The standard InChI is InChI=1S/C20H31N5O.HI/c1-5-21-20(22-11-7-8-17-13-24-25(4)15-17)23-14-18-10-9-16(3)12-19(18)26-6-2;/h9-10,12-13,15H,5-8,11,14H2,1-4H3,(H2,21,22,23);1H. The van der Waals surface area contributed by atoms with E-state index in [2.05, 4.69) is 54.0 Å². The summed E-state index contributed by atoms with van der Waals surface area (Å²) < 4.78 is 7.58. The molecule has 0 atom stereocenters. The zero-order valence-electron chi connectivity index (χ0n) is 16.8. The van der Waals surface area contributed by atoms with Crippen LogP contribution in [0.1, 0.15) is 37.0 Å². The first-order valence-corrected chi connectivity index (χ1v) is 9.34. The van der Waals surface area contributed by atoms with Crippen LogP contribution >= 0.6 is 24.0 Å². The number of nitrogens with zero attached hydrogens (tertiary/aromatic N) is 3. The van der Waals surface area contributed by atoms with Crippen molar-refractivity contribution in [3.8, 4) is 5.75 Å². The van der Waals surface area contributed by atoms with Crippen LogP contribution < -0.4 is 15.4 Å². The summed E-state index contributed by atoms with van der Waals surface area (Å²) in [5.41, 5.74) is 3.56. The van der Waals surface area contributed by atoms with Crippen LogP contribution in [0.4, 0.5) is 0 Å². The molecule has 0 spiro atoms. The van der Waals surface area contributed by atoms with Gasteiger partial charge in [-0.1, -0.05) is 12.1 Å². The van der Waals surface area contributed by atoms with Gasteiger partial charge in [-0.15, -0.1) is 24.0 Å². The third kappa shape index (κ3) is 8.19. The molecule has 7 heteroatoms. The topological polar surface area (TPSA) is 63.5 Å². The molecule has 0 bridgehead atoms. The van der Waals surface area contributed by atoms with Gasteiger partial charge in [0.2, 0.25) is 0 Å². The average Bonchev–Trinajstić information content (AvgIpc) is 3.03. The number of aryl methyl sites for hydroxylation is 3. The molecular weight excluding hydrogens is 453 g/mol. The van der Waals surface area contributed by atoms with E-state index in [0.29, 0.717) is 13.2 Å². The fourth-order valence-corrected chi connectivity index (χ4v) is 2.69. The Morgan fingerprint density at radius 2 is 2.07 bits per heavy atom. The van der Waals surface area contributed by atoms with Gasteiger partial charge in [-0.25, -0.2) is 4.99 Å². The number of nitrogens with one attached hydrogen (secondary N) is 2. The van der Waals surface area contributed by atoms with Crippen LogP contribution in [0.5, 0.6) is 5.75 Å². The van der Waals surface area contributed by atoms with Crippen LogP contribution in [-0.4, -0.2) is 35.4 Å². The minimum atomic E-state index is 0. The van der Waals surface area contributed by atoms with Crippen molar-refractivity contribution in [2.24, 2.45) is 12.0 Å². The van der Waals surface area contributed by atoms with Gasteiger partial charge in [0, 0.05) is 31.9 Å². The lowest BCUT2D eigenvalue weighted by Crippen LogP contribution is -2.37. The second-order valence-corrected chi connectivity index (χ2v) is 6.29. The molecule has 2 rings (SSSR count). The quantitative estimate of drug-likeness (QED) is 0.247. The summed E-state index contributed by atoms with van der Waals surface area (Å²) in [5, 5.41) is 10.9. The van der Waals surface area contributed by atoms with Crippen molar-refractivity contribution in [1.82, 2.24) is 20.4 Å². The van der Waals surface area contributed by atoms with Crippen LogP contribution in [-0.2, 0) is 20.0 Å². The van der Waals surface area contributed by atoms with E-state index < -0.39 is 0 Å². The van der Waals surface area contributed by atoms with Gasteiger partial charge in [0.15, 0.2) is 5.96 Å². The van der Waals surface area contributed by atoms with Gasteiger partial charge in [-0.05, 0) is 50.8 Å². The molecular formula is C20H32IN5O. The SMILES string of the molecule is CCNC(=NCc1ccc(C)cc1OCC)NCCCc1cnn(C)c1.I. The summed E-state index contributed by atoms with van der Waals surface area (Å²) >= 11 is 0. The van der Waals surface area contributed by atoms with E-state index in [-0.39, 0.29) is 24.0 Å². The lowest BCUT2D eigenvalue weighted by Gasteiger charge is -2.13. The lowest BCUT2D eigenvalue weighted by atomic mass is 10.1. The summed E-state index contributed by atoms with van der Waals surface area (Å²) in [6, 6.07) is 6.26. The Kier molecular flexibility index (Phi) is 10.8. The fraction of sp³-hybridized carbons (Fsp3) is 0.500. The first-order chi connectivity index (χ1) is 12.6. The Balaban J connectivity index is 0.00000364. The van der Waals surface area contributed by atoms with Gasteiger partial charge < -0.3 is 15.4 Å². The van der Waals surface area contributed by atoms with Crippen molar-refractivity contribution in [1.29, 1.82) is 0 Å². The number of hydrogen-bond donors (Lipinski definition) is 2. The summed E-state index contributed by atoms with van der Waals surface area (Å²) in [6.07, 6.45) is 6.02. The van der Waals surface area contributed by atoms with Crippen LogP contribution in [0.25, 0.3) is 0 Å². The highest BCUT2D eigenvalue weighted by atomic mass is 127. The van der Waals surface area contributed by atoms with Gasteiger partial charge in [-0.2, -0.15) is 5.10 Å². The molecule has 0 aliphatic rings. The number of aromatic nitrogens is 2. The van der Waals surface area contributed by atoms with E-state index in [9.17, 15) is 0 Å². The van der Waals surface area contributed by atoms with Crippen LogP contribution in [0.15, 0.2) is 35.6 Å². The Morgan fingerprint density at radius 3 is 2.74 bits per heavy atom. The molecule has 2 N–H and O–H groups in total. The second kappa shape index (κ2) is 12.6. The molecule has 0 amide bonds. The molecule has 6 nitrogen and oxygen atoms in total. The molecule has 1 aromatic heterocycles. The number of rotatable bonds is 9. The fourth-order valence-electron chi connectivity index (χ4n) is 2.69. The highest BCUT2D eigenvalue weighted by Gasteiger charge is 2.05. The zero-order valence-corrected chi connectivity index (χ0v) is 19.1. The highest BCUT2D eigenvalue weighted by molar-refractivity contribution is 14.0. The molecule has 1 heterocycles. The van der Waals surface area contributed by atoms with Gasteiger partial charge >= 0.3 is 0 Å². The van der Waals surface area contributed by atoms with E-state index in [1.165, 1.54) is 11.1 Å². The number of halogens is 1. The number of guanidine groups is 1. The number of hydrogen-bond acceptors (Lipinski definition) is 3. The minimum absolute atomic E-state index is 0. The van der Waals surface area contributed by atoms with Crippen molar-refractivity contribution >= 4 is 29.9 Å². The van der Waals surface area contributed by atoms with Crippen molar-refractivity contribution in [3.63, 3.8) is 0 Å². The zero-order chi connectivity index (χ0) is 18.8. The third-order valence-corrected chi connectivity index (χ3v) is 3.97. The first-order valence-electron chi connectivity index (χ1n) is 9.34. The minimum Gasteiger partial charge on any atom is -0.494 e. The van der Waals surface area contributed by atoms with Crippen LogP contribution in [0.2, 0.25) is 0 Å². The number of ether oxygens (including phenoxy) is 1. The molecule has 0 aliphatic carbocycles. The van der Waals surface area contributed by atoms with Gasteiger partial charge in [0.1, 0.15) is 5.75 Å². The molecule has 150 valence electrons. The third-order valence-electron chi connectivity index (χ3n) is 3.97. The predicted octanol–water partition coefficient (Wildman–Crippen LogP) is 3.43. The van der Waals surface area contributed by atoms with Gasteiger partial charge in [0.05, 0.1) is 19.3 Å². The Morgan fingerprint density at radius 1 is 1.26 bits per heavy atom. The van der Waals surface area contributed by atoms with Crippen molar-refractivity contribution < 1.29 is 4.74 Å². The van der Waals surface area contributed by atoms with E-state index in [1.807, 2.05) is 24.9 Å². The Hall–Kier alpha value is -1.77. The van der Waals surface area contributed by atoms with Gasteiger partial charge in [0.25, 0.3) is 0 Å². The first kappa shape index (κ1) is 23.3. The molecule has 0 saturated carbocycles.